The molecular formula is C14H17ClN2O4. The van der Waals surface area contributed by atoms with Gasteiger partial charge in [0.15, 0.2) is 0 Å². The van der Waals surface area contributed by atoms with E-state index in [1.54, 1.807) is 31.2 Å². The van der Waals surface area contributed by atoms with Gasteiger partial charge >= 0.3 is 5.97 Å². The van der Waals surface area contributed by atoms with Crippen molar-refractivity contribution in [2.75, 3.05) is 6.54 Å². The van der Waals surface area contributed by atoms with Crippen molar-refractivity contribution in [1.82, 2.24) is 10.6 Å². The molecule has 0 saturated heterocycles. The molecule has 0 aliphatic rings. The van der Waals surface area contributed by atoms with E-state index in [4.69, 9.17) is 16.7 Å². The third kappa shape index (κ3) is 5.07. The Labute approximate surface area is 127 Å². The van der Waals surface area contributed by atoms with Gasteiger partial charge in [0.1, 0.15) is 0 Å². The molecule has 2 atom stereocenters. The highest BCUT2D eigenvalue weighted by Crippen LogP contribution is 2.14. The molecule has 2 unspecified atom stereocenters. The van der Waals surface area contributed by atoms with Crippen LogP contribution in [0.25, 0.3) is 0 Å². The summed E-state index contributed by atoms with van der Waals surface area (Å²) < 4.78 is 0. The summed E-state index contributed by atoms with van der Waals surface area (Å²) in [6.45, 7) is 2.84. The lowest BCUT2D eigenvalue weighted by Gasteiger charge is -2.17. The second-order valence-corrected chi connectivity index (χ2v) is 5.05. The van der Waals surface area contributed by atoms with Gasteiger partial charge in [-0.05, 0) is 26.0 Å². The zero-order chi connectivity index (χ0) is 16.0. The molecule has 3 N–H and O–H groups in total. The number of carboxylic acids is 1. The number of benzene rings is 1. The van der Waals surface area contributed by atoms with E-state index in [0.717, 1.165) is 0 Å². The first-order valence-electron chi connectivity index (χ1n) is 6.37. The lowest BCUT2D eigenvalue weighted by molar-refractivity contribution is -0.142. The molecule has 1 aromatic carbocycles. The van der Waals surface area contributed by atoms with E-state index in [-0.39, 0.29) is 12.1 Å². The molecule has 0 heterocycles. The van der Waals surface area contributed by atoms with Gasteiger partial charge in [0.2, 0.25) is 5.91 Å². The van der Waals surface area contributed by atoms with E-state index in [0.29, 0.717) is 5.02 Å². The Morgan fingerprint density at radius 3 is 2.43 bits per heavy atom. The molecule has 0 radical (unpaired) electrons. The molecule has 6 nitrogen and oxygen atoms in total. The molecule has 0 saturated carbocycles. The summed E-state index contributed by atoms with van der Waals surface area (Å²) in [5.74, 6) is -2.64. The summed E-state index contributed by atoms with van der Waals surface area (Å²) in [6, 6.07) is 5.95. The number of nitrogens with one attached hydrogen (secondary N) is 2. The van der Waals surface area contributed by atoms with Gasteiger partial charge in [0.05, 0.1) is 23.0 Å². The summed E-state index contributed by atoms with van der Waals surface area (Å²) in [6.07, 6.45) is 0. The molecule has 2 amide bonds. The maximum absolute atomic E-state index is 11.8. The van der Waals surface area contributed by atoms with Gasteiger partial charge in [0.25, 0.3) is 5.91 Å². The van der Waals surface area contributed by atoms with Crippen LogP contribution in [-0.2, 0) is 9.59 Å². The van der Waals surface area contributed by atoms with Crippen molar-refractivity contribution in [1.29, 1.82) is 0 Å². The number of amides is 2. The first kappa shape index (κ1) is 17.0. The standard InChI is InChI=1S/C14H17ClN2O4/c1-8(14(20)21)9(2)17-12(18)7-16-13(19)10-5-3-4-6-11(10)15/h3-6,8-9H,7H2,1-2H3,(H,16,19)(H,17,18)(H,20,21). The molecule has 0 aliphatic carbocycles. The molecule has 21 heavy (non-hydrogen) atoms. The first-order chi connectivity index (χ1) is 9.82. The third-order valence-corrected chi connectivity index (χ3v) is 3.39. The Morgan fingerprint density at radius 1 is 1.24 bits per heavy atom. The van der Waals surface area contributed by atoms with Crippen LogP contribution in [0.3, 0.4) is 0 Å². The zero-order valence-electron chi connectivity index (χ0n) is 11.7. The van der Waals surface area contributed by atoms with Crippen LogP contribution in [0.1, 0.15) is 24.2 Å². The number of halogens is 1. The predicted octanol–water partition coefficient (Wildman–Crippen LogP) is 1.30. The van der Waals surface area contributed by atoms with E-state index in [2.05, 4.69) is 10.6 Å². The van der Waals surface area contributed by atoms with Gasteiger partial charge in [0, 0.05) is 6.04 Å². The van der Waals surface area contributed by atoms with Crippen LogP contribution < -0.4 is 10.6 Å². The minimum Gasteiger partial charge on any atom is -0.481 e. The Bertz CT molecular complexity index is 548. The summed E-state index contributed by atoms with van der Waals surface area (Å²) in [4.78, 5) is 34.3. The van der Waals surface area contributed by atoms with E-state index in [1.807, 2.05) is 0 Å². The molecule has 0 bridgehead atoms. The van der Waals surface area contributed by atoms with Crippen LogP contribution in [0, 0.1) is 5.92 Å². The molecule has 114 valence electrons. The molecule has 0 spiro atoms. The highest BCUT2D eigenvalue weighted by Gasteiger charge is 2.21. The molecule has 1 aromatic rings. The average Bonchev–Trinajstić information content (AvgIpc) is 2.44. The number of carboxylic acid groups (broad SMARTS) is 1. The fraction of sp³-hybridized carbons (Fsp3) is 0.357. The Balaban J connectivity index is 2.48. The number of carbonyl (C=O) groups excluding carboxylic acids is 2. The van der Waals surface area contributed by atoms with E-state index >= 15 is 0 Å². The molecule has 0 fully saturated rings. The van der Waals surface area contributed by atoms with Crippen molar-refractivity contribution in [3.8, 4) is 0 Å². The zero-order valence-corrected chi connectivity index (χ0v) is 12.5. The van der Waals surface area contributed by atoms with Crippen LogP contribution in [0.5, 0.6) is 0 Å². The van der Waals surface area contributed by atoms with Crippen LogP contribution in [0.2, 0.25) is 5.02 Å². The second kappa shape index (κ2) is 7.64. The number of aliphatic carboxylic acids is 1. The van der Waals surface area contributed by atoms with Crippen LogP contribution >= 0.6 is 11.6 Å². The van der Waals surface area contributed by atoms with E-state index < -0.39 is 29.7 Å². The van der Waals surface area contributed by atoms with Crippen molar-refractivity contribution in [3.05, 3.63) is 34.9 Å². The number of hydrogen-bond donors (Lipinski definition) is 3. The molecule has 7 heteroatoms. The SMILES string of the molecule is CC(NC(=O)CNC(=O)c1ccccc1Cl)C(C)C(=O)O. The van der Waals surface area contributed by atoms with Crippen LogP contribution in [-0.4, -0.2) is 35.5 Å². The Hall–Kier alpha value is -2.08. The minimum atomic E-state index is -0.997. The average molecular weight is 313 g/mol. The van der Waals surface area contributed by atoms with Crippen LogP contribution in [0.15, 0.2) is 24.3 Å². The summed E-state index contributed by atoms with van der Waals surface area (Å²) in [7, 11) is 0. The van der Waals surface area contributed by atoms with Gasteiger partial charge in [-0.15, -0.1) is 0 Å². The summed E-state index contributed by atoms with van der Waals surface area (Å²) in [5, 5.41) is 14.1. The lowest BCUT2D eigenvalue weighted by atomic mass is 10.0. The molecule has 1 rings (SSSR count). The lowest BCUT2D eigenvalue weighted by Crippen LogP contribution is -2.44. The topological polar surface area (TPSA) is 95.5 Å². The minimum absolute atomic E-state index is 0.249. The number of rotatable bonds is 6. The van der Waals surface area contributed by atoms with Gasteiger partial charge in [-0.2, -0.15) is 0 Å². The fourth-order valence-corrected chi connectivity index (χ4v) is 1.77. The van der Waals surface area contributed by atoms with E-state index in [1.165, 1.54) is 6.92 Å². The molecule has 0 aliphatic heterocycles. The summed E-state index contributed by atoms with van der Waals surface area (Å²) >= 11 is 5.87. The fourth-order valence-electron chi connectivity index (χ4n) is 1.54. The smallest absolute Gasteiger partial charge is 0.308 e. The number of carbonyl (C=O) groups is 3. The van der Waals surface area contributed by atoms with Crippen molar-refractivity contribution in [2.45, 2.75) is 19.9 Å². The van der Waals surface area contributed by atoms with Gasteiger partial charge in [-0.3, -0.25) is 14.4 Å². The maximum atomic E-state index is 11.8. The predicted molar refractivity (Wildman–Crippen MR) is 78.2 cm³/mol. The van der Waals surface area contributed by atoms with Gasteiger partial charge in [-0.25, -0.2) is 0 Å². The van der Waals surface area contributed by atoms with Gasteiger partial charge in [-0.1, -0.05) is 23.7 Å². The van der Waals surface area contributed by atoms with Gasteiger partial charge < -0.3 is 15.7 Å². The monoisotopic (exact) mass is 312 g/mol. The van der Waals surface area contributed by atoms with Crippen molar-refractivity contribution in [3.63, 3.8) is 0 Å². The largest absolute Gasteiger partial charge is 0.481 e. The molecule has 0 aromatic heterocycles. The maximum Gasteiger partial charge on any atom is 0.308 e. The van der Waals surface area contributed by atoms with Crippen molar-refractivity contribution < 1.29 is 19.5 Å². The number of hydrogen-bond acceptors (Lipinski definition) is 3. The highest BCUT2D eigenvalue weighted by molar-refractivity contribution is 6.33. The van der Waals surface area contributed by atoms with E-state index in [9.17, 15) is 14.4 Å². The van der Waals surface area contributed by atoms with Crippen LogP contribution in [0.4, 0.5) is 0 Å². The summed E-state index contributed by atoms with van der Waals surface area (Å²) in [5.41, 5.74) is 0.277. The quantitative estimate of drug-likeness (QED) is 0.737. The normalized spacial score (nSPS) is 13.1. The highest BCUT2D eigenvalue weighted by atomic mass is 35.5. The molecular weight excluding hydrogens is 296 g/mol. The second-order valence-electron chi connectivity index (χ2n) is 4.65. The first-order valence-corrected chi connectivity index (χ1v) is 6.75. The van der Waals surface area contributed by atoms with Crippen molar-refractivity contribution in [2.24, 2.45) is 5.92 Å². The Morgan fingerprint density at radius 2 is 1.86 bits per heavy atom. The Kier molecular flexibility index (Phi) is 6.17. The third-order valence-electron chi connectivity index (χ3n) is 3.06. The van der Waals surface area contributed by atoms with Crippen molar-refractivity contribution >= 4 is 29.4 Å².